The number of aryl methyl sites for hydroxylation is 1. The average molecular weight is 292 g/mol. The van der Waals surface area contributed by atoms with E-state index in [1.165, 1.54) is 5.56 Å². The zero-order valence-corrected chi connectivity index (χ0v) is 11.2. The number of hydrogen-bond acceptors (Lipinski definition) is 2. The van der Waals surface area contributed by atoms with E-state index in [4.69, 9.17) is 10.5 Å². The Balaban J connectivity index is 2.26. The molecule has 2 aromatic rings. The summed E-state index contributed by atoms with van der Waals surface area (Å²) in [7, 11) is 0. The van der Waals surface area contributed by atoms with Crippen LogP contribution in [0, 0.1) is 0 Å². The summed E-state index contributed by atoms with van der Waals surface area (Å²) in [6, 6.07) is 13.4. The van der Waals surface area contributed by atoms with Crippen LogP contribution >= 0.6 is 15.9 Å². The predicted molar refractivity (Wildman–Crippen MR) is 74.4 cm³/mol. The van der Waals surface area contributed by atoms with Crippen molar-refractivity contribution in [3.05, 3.63) is 52.5 Å². The Bertz CT molecular complexity index is 508. The normalized spacial score (nSPS) is 10.2. The van der Waals surface area contributed by atoms with Crippen LogP contribution in [0.3, 0.4) is 0 Å². The van der Waals surface area contributed by atoms with Gasteiger partial charge in [0, 0.05) is 10.2 Å². The summed E-state index contributed by atoms with van der Waals surface area (Å²) in [6.07, 6.45) is 0.934. The van der Waals surface area contributed by atoms with Crippen molar-refractivity contribution in [2.24, 2.45) is 0 Å². The van der Waals surface area contributed by atoms with E-state index in [-0.39, 0.29) is 0 Å². The van der Waals surface area contributed by atoms with Gasteiger partial charge in [0.1, 0.15) is 11.5 Å². The fourth-order valence-corrected chi connectivity index (χ4v) is 2.00. The molecule has 2 nitrogen and oxygen atoms in total. The zero-order chi connectivity index (χ0) is 12.3. The molecule has 0 aliphatic carbocycles. The molecule has 0 amide bonds. The van der Waals surface area contributed by atoms with Gasteiger partial charge in [0.2, 0.25) is 0 Å². The largest absolute Gasteiger partial charge is 0.457 e. The summed E-state index contributed by atoms with van der Waals surface area (Å²) in [5.74, 6) is 1.69. The summed E-state index contributed by atoms with van der Waals surface area (Å²) in [6.45, 7) is 2.11. The number of nitrogen functional groups attached to an aromatic ring is 1. The first-order valence-electron chi connectivity index (χ1n) is 5.51. The molecule has 2 aromatic carbocycles. The third kappa shape index (κ3) is 3.01. The molecule has 17 heavy (non-hydrogen) atoms. The van der Waals surface area contributed by atoms with Crippen molar-refractivity contribution in [3.63, 3.8) is 0 Å². The average Bonchev–Trinajstić information content (AvgIpc) is 2.34. The Morgan fingerprint density at radius 1 is 1.12 bits per heavy atom. The van der Waals surface area contributed by atoms with Crippen molar-refractivity contribution in [2.45, 2.75) is 13.3 Å². The number of nitrogens with two attached hydrogens (primary N) is 1. The maximum Gasteiger partial charge on any atom is 0.130 e. The maximum absolute atomic E-state index is 5.83. The number of benzene rings is 2. The van der Waals surface area contributed by atoms with Crippen LogP contribution < -0.4 is 10.5 Å². The van der Waals surface area contributed by atoms with Gasteiger partial charge in [-0.25, -0.2) is 0 Å². The molecule has 0 radical (unpaired) electrons. The molecule has 0 spiro atoms. The van der Waals surface area contributed by atoms with Crippen molar-refractivity contribution in [2.75, 3.05) is 5.73 Å². The molecule has 2 N–H and O–H groups in total. The van der Waals surface area contributed by atoms with E-state index in [0.29, 0.717) is 0 Å². The standard InChI is InChI=1S/C14H14BrNO/c1-2-10-9-11(15)3-8-14(10)17-13-6-4-12(16)5-7-13/h3-9H,2,16H2,1H3. The summed E-state index contributed by atoms with van der Waals surface area (Å²) in [5, 5.41) is 0. The van der Waals surface area contributed by atoms with Crippen molar-refractivity contribution >= 4 is 21.6 Å². The smallest absolute Gasteiger partial charge is 0.130 e. The Labute approximate surface area is 110 Å². The van der Waals surface area contributed by atoms with Gasteiger partial charge in [-0.1, -0.05) is 22.9 Å². The van der Waals surface area contributed by atoms with E-state index in [9.17, 15) is 0 Å². The van der Waals surface area contributed by atoms with Gasteiger partial charge >= 0.3 is 0 Å². The molecule has 0 fully saturated rings. The lowest BCUT2D eigenvalue weighted by Gasteiger charge is -2.10. The number of ether oxygens (including phenoxy) is 1. The molecule has 88 valence electrons. The van der Waals surface area contributed by atoms with E-state index in [1.54, 1.807) is 0 Å². The van der Waals surface area contributed by atoms with Crippen LogP contribution in [0.25, 0.3) is 0 Å². The number of rotatable bonds is 3. The molecule has 0 unspecified atom stereocenters. The third-order valence-electron chi connectivity index (χ3n) is 2.51. The zero-order valence-electron chi connectivity index (χ0n) is 9.61. The lowest BCUT2D eigenvalue weighted by Crippen LogP contribution is -1.91. The molecular weight excluding hydrogens is 278 g/mol. The van der Waals surface area contributed by atoms with Gasteiger partial charge in [-0.15, -0.1) is 0 Å². The van der Waals surface area contributed by atoms with Gasteiger partial charge in [-0.2, -0.15) is 0 Å². The molecule has 2 rings (SSSR count). The van der Waals surface area contributed by atoms with Crippen molar-refractivity contribution < 1.29 is 4.74 Å². The molecule has 0 aliphatic heterocycles. The lowest BCUT2D eigenvalue weighted by molar-refractivity contribution is 0.477. The second-order valence-electron chi connectivity index (χ2n) is 3.78. The highest BCUT2D eigenvalue weighted by Crippen LogP contribution is 2.28. The first-order chi connectivity index (χ1) is 8.19. The minimum atomic E-state index is 0.740. The van der Waals surface area contributed by atoms with Gasteiger partial charge in [-0.05, 0) is 54.4 Å². The minimum absolute atomic E-state index is 0.740. The molecule has 0 aliphatic rings. The molecule has 0 aromatic heterocycles. The molecule has 0 saturated heterocycles. The second-order valence-corrected chi connectivity index (χ2v) is 4.69. The quantitative estimate of drug-likeness (QED) is 0.852. The first-order valence-corrected chi connectivity index (χ1v) is 6.30. The van der Waals surface area contributed by atoms with Crippen molar-refractivity contribution in [1.29, 1.82) is 0 Å². The third-order valence-corrected chi connectivity index (χ3v) is 3.00. The molecule has 0 heterocycles. The molecule has 0 saturated carbocycles. The van der Waals surface area contributed by atoms with E-state index in [0.717, 1.165) is 28.1 Å². The predicted octanol–water partition coefficient (Wildman–Crippen LogP) is 4.39. The van der Waals surface area contributed by atoms with Crippen LogP contribution in [0.15, 0.2) is 46.9 Å². The van der Waals surface area contributed by atoms with E-state index >= 15 is 0 Å². The Morgan fingerprint density at radius 3 is 2.47 bits per heavy atom. The fourth-order valence-electron chi connectivity index (χ4n) is 1.59. The van der Waals surface area contributed by atoms with Gasteiger partial charge < -0.3 is 10.5 Å². The van der Waals surface area contributed by atoms with Gasteiger partial charge in [-0.3, -0.25) is 0 Å². The highest BCUT2D eigenvalue weighted by molar-refractivity contribution is 9.10. The maximum atomic E-state index is 5.83. The van der Waals surface area contributed by atoms with Crippen LogP contribution in [0.1, 0.15) is 12.5 Å². The van der Waals surface area contributed by atoms with Crippen LogP contribution in [0.5, 0.6) is 11.5 Å². The highest BCUT2D eigenvalue weighted by atomic mass is 79.9. The van der Waals surface area contributed by atoms with Gasteiger partial charge in [0.15, 0.2) is 0 Å². The Kier molecular flexibility index (Phi) is 3.69. The number of anilines is 1. The summed E-state index contributed by atoms with van der Waals surface area (Å²) in [4.78, 5) is 0. The minimum Gasteiger partial charge on any atom is -0.457 e. The fraction of sp³-hybridized carbons (Fsp3) is 0.143. The Morgan fingerprint density at radius 2 is 1.82 bits per heavy atom. The molecule has 0 atom stereocenters. The monoisotopic (exact) mass is 291 g/mol. The lowest BCUT2D eigenvalue weighted by atomic mass is 10.1. The van der Waals surface area contributed by atoms with Crippen molar-refractivity contribution in [3.8, 4) is 11.5 Å². The highest BCUT2D eigenvalue weighted by Gasteiger charge is 2.04. The molecule has 3 heteroatoms. The van der Waals surface area contributed by atoms with Crippen LogP contribution in [0.4, 0.5) is 5.69 Å². The number of hydrogen-bond donors (Lipinski definition) is 1. The molecular formula is C14H14BrNO. The van der Waals surface area contributed by atoms with E-state index in [2.05, 4.69) is 28.9 Å². The van der Waals surface area contributed by atoms with Crippen LogP contribution in [-0.2, 0) is 6.42 Å². The van der Waals surface area contributed by atoms with Crippen LogP contribution in [-0.4, -0.2) is 0 Å². The second kappa shape index (κ2) is 5.23. The van der Waals surface area contributed by atoms with E-state index in [1.807, 2.05) is 36.4 Å². The Hall–Kier alpha value is -1.48. The molecule has 0 bridgehead atoms. The topological polar surface area (TPSA) is 35.2 Å². The summed E-state index contributed by atoms with van der Waals surface area (Å²) < 4.78 is 6.90. The number of halogens is 1. The van der Waals surface area contributed by atoms with Gasteiger partial charge in [0.05, 0.1) is 0 Å². The van der Waals surface area contributed by atoms with E-state index < -0.39 is 0 Å². The van der Waals surface area contributed by atoms with Crippen molar-refractivity contribution in [1.82, 2.24) is 0 Å². The summed E-state index contributed by atoms with van der Waals surface area (Å²) in [5.41, 5.74) is 7.55. The SMILES string of the molecule is CCc1cc(Br)ccc1Oc1ccc(N)cc1. The summed E-state index contributed by atoms with van der Waals surface area (Å²) >= 11 is 3.46. The van der Waals surface area contributed by atoms with Crippen LogP contribution in [0.2, 0.25) is 0 Å². The first kappa shape index (κ1) is 12.0. The van der Waals surface area contributed by atoms with Gasteiger partial charge in [0.25, 0.3) is 0 Å².